The molecule has 4 nitrogen and oxygen atoms in total. The fourth-order valence-corrected chi connectivity index (χ4v) is 1.76. The van der Waals surface area contributed by atoms with E-state index in [2.05, 4.69) is 5.18 Å². The lowest BCUT2D eigenvalue weighted by Gasteiger charge is -2.13. The van der Waals surface area contributed by atoms with E-state index < -0.39 is 0 Å². The van der Waals surface area contributed by atoms with Gasteiger partial charge in [0.2, 0.25) is 0 Å². The topological polar surface area (TPSA) is 55.7 Å². The number of carbonyl (C=O) groups is 1. The zero-order chi connectivity index (χ0) is 12.7. The van der Waals surface area contributed by atoms with Crippen LogP contribution in [0.4, 0.5) is 0 Å². The smallest absolute Gasteiger partial charge is 0.306 e. The summed E-state index contributed by atoms with van der Waals surface area (Å²) in [4.78, 5) is 21.8. The second-order valence-electron chi connectivity index (χ2n) is 3.57. The van der Waals surface area contributed by atoms with E-state index in [4.69, 9.17) is 16.3 Å². The third-order valence-corrected chi connectivity index (χ3v) is 2.57. The molecule has 0 heterocycles. The van der Waals surface area contributed by atoms with Gasteiger partial charge >= 0.3 is 5.97 Å². The molecular formula is C12H14ClNO3. The summed E-state index contributed by atoms with van der Waals surface area (Å²) >= 11 is 5.86. The van der Waals surface area contributed by atoms with Crippen molar-refractivity contribution >= 4 is 17.6 Å². The molecule has 1 rings (SSSR count). The monoisotopic (exact) mass is 255 g/mol. The van der Waals surface area contributed by atoms with Crippen LogP contribution in [0.5, 0.6) is 0 Å². The summed E-state index contributed by atoms with van der Waals surface area (Å²) in [5.41, 5.74) is 0.824. The highest BCUT2D eigenvalue weighted by Gasteiger charge is 2.17. The number of benzene rings is 1. The summed E-state index contributed by atoms with van der Waals surface area (Å²) in [6.07, 6.45) is 0.139. The van der Waals surface area contributed by atoms with Crippen molar-refractivity contribution in [2.24, 2.45) is 5.18 Å². The lowest BCUT2D eigenvalue weighted by Crippen LogP contribution is -2.12. The van der Waals surface area contributed by atoms with Crippen molar-refractivity contribution < 1.29 is 9.53 Å². The van der Waals surface area contributed by atoms with Gasteiger partial charge in [-0.1, -0.05) is 28.9 Å². The Morgan fingerprint density at radius 1 is 1.53 bits per heavy atom. The van der Waals surface area contributed by atoms with Crippen LogP contribution in [0.3, 0.4) is 0 Å². The van der Waals surface area contributed by atoms with Gasteiger partial charge in [-0.3, -0.25) is 4.79 Å². The Morgan fingerprint density at radius 2 is 2.29 bits per heavy atom. The molecule has 0 aliphatic rings. The van der Waals surface area contributed by atoms with Crippen LogP contribution in [-0.4, -0.2) is 19.1 Å². The SMILES string of the molecule is CCOC(=O)CC(CN=O)c1cccc(Cl)c1. The van der Waals surface area contributed by atoms with Crippen LogP contribution in [0.2, 0.25) is 5.02 Å². The molecular weight excluding hydrogens is 242 g/mol. The number of halogens is 1. The summed E-state index contributed by atoms with van der Waals surface area (Å²) < 4.78 is 4.85. The highest BCUT2D eigenvalue weighted by molar-refractivity contribution is 6.30. The van der Waals surface area contributed by atoms with Crippen LogP contribution in [-0.2, 0) is 9.53 Å². The second kappa shape index (κ2) is 7.01. The van der Waals surface area contributed by atoms with Crippen molar-refractivity contribution in [1.29, 1.82) is 0 Å². The standard InChI is InChI=1S/C12H14ClNO3/c1-2-17-12(15)7-10(8-14-16)9-4-3-5-11(13)6-9/h3-6,10H,2,7-8H2,1H3. The minimum atomic E-state index is -0.332. The lowest BCUT2D eigenvalue weighted by molar-refractivity contribution is -0.143. The number of nitroso groups, excluding NO2 is 1. The molecule has 0 aliphatic heterocycles. The Balaban J connectivity index is 2.78. The van der Waals surface area contributed by atoms with E-state index in [1.54, 1.807) is 25.1 Å². The van der Waals surface area contributed by atoms with Gasteiger partial charge in [0.1, 0.15) is 0 Å². The molecule has 0 spiro atoms. The van der Waals surface area contributed by atoms with Crippen molar-refractivity contribution in [3.8, 4) is 0 Å². The summed E-state index contributed by atoms with van der Waals surface area (Å²) in [5.74, 6) is -0.605. The quantitative estimate of drug-likeness (QED) is 0.580. The number of hydrogen-bond acceptors (Lipinski definition) is 4. The number of hydrogen-bond donors (Lipinski definition) is 0. The molecule has 0 aliphatic carbocycles. The molecule has 0 bridgehead atoms. The van der Waals surface area contributed by atoms with E-state index >= 15 is 0 Å². The van der Waals surface area contributed by atoms with Crippen molar-refractivity contribution in [3.05, 3.63) is 39.8 Å². The Hall–Kier alpha value is -1.42. The average molecular weight is 256 g/mol. The number of carbonyl (C=O) groups excluding carboxylic acids is 1. The minimum absolute atomic E-state index is 0.0408. The third kappa shape index (κ3) is 4.53. The summed E-state index contributed by atoms with van der Waals surface area (Å²) in [6, 6.07) is 7.07. The molecule has 1 aromatic rings. The van der Waals surface area contributed by atoms with Gasteiger partial charge in [-0.2, -0.15) is 4.91 Å². The Labute approximate surface area is 105 Å². The van der Waals surface area contributed by atoms with Crippen molar-refractivity contribution in [2.75, 3.05) is 13.2 Å². The van der Waals surface area contributed by atoms with Gasteiger partial charge in [-0.05, 0) is 24.6 Å². The Kier molecular flexibility index (Phi) is 5.63. The van der Waals surface area contributed by atoms with E-state index in [-0.39, 0.29) is 24.9 Å². The number of esters is 1. The lowest BCUT2D eigenvalue weighted by atomic mass is 9.96. The van der Waals surface area contributed by atoms with E-state index in [0.29, 0.717) is 11.6 Å². The van der Waals surface area contributed by atoms with Crippen molar-refractivity contribution in [3.63, 3.8) is 0 Å². The molecule has 1 unspecified atom stereocenters. The largest absolute Gasteiger partial charge is 0.466 e. The summed E-state index contributed by atoms with van der Waals surface area (Å²) in [7, 11) is 0. The highest BCUT2D eigenvalue weighted by atomic mass is 35.5. The molecule has 1 aromatic carbocycles. The van der Waals surface area contributed by atoms with E-state index in [0.717, 1.165) is 5.56 Å². The van der Waals surface area contributed by atoms with Gasteiger partial charge in [0.25, 0.3) is 0 Å². The average Bonchev–Trinajstić information content (AvgIpc) is 2.29. The fourth-order valence-electron chi connectivity index (χ4n) is 1.56. The number of rotatable bonds is 6. The van der Waals surface area contributed by atoms with Gasteiger partial charge in [0.05, 0.1) is 19.6 Å². The predicted molar refractivity (Wildman–Crippen MR) is 66.1 cm³/mol. The maximum absolute atomic E-state index is 11.4. The van der Waals surface area contributed by atoms with Crippen LogP contribution in [0.15, 0.2) is 29.4 Å². The van der Waals surface area contributed by atoms with Crippen molar-refractivity contribution in [1.82, 2.24) is 0 Å². The molecule has 0 radical (unpaired) electrons. The van der Waals surface area contributed by atoms with Gasteiger partial charge in [0, 0.05) is 10.9 Å². The van der Waals surface area contributed by atoms with E-state index in [1.165, 1.54) is 0 Å². The number of nitrogens with zero attached hydrogens (tertiary/aromatic N) is 1. The first kappa shape index (κ1) is 13.6. The molecule has 5 heteroatoms. The molecule has 0 aromatic heterocycles. The molecule has 1 atom stereocenters. The summed E-state index contributed by atoms with van der Waals surface area (Å²) in [6.45, 7) is 2.11. The first-order valence-electron chi connectivity index (χ1n) is 5.37. The Morgan fingerprint density at radius 3 is 2.88 bits per heavy atom. The predicted octanol–water partition coefficient (Wildman–Crippen LogP) is 3.14. The Bertz CT molecular complexity index is 395. The van der Waals surface area contributed by atoms with Gasteiger partial charge in [-0.25, -0.2) is 0 Å². The molecule has 0 saturated heterocycles. The first-order chi connectivity index (χ1) is 8.17. The summed E-state index contributed by atoms with van der Waals surface area (Å²) in [5, 5.41) is 3.43. The zero-order valence-electron chi connectivity index (χ0n) is 9.56. The fraction of sp³-hybridized carbons (Fsp3) is 0.417. The molecule has 0 N–H and O–H groups in total. The zero-order valence-corrected chi connectivity index (χ0v) is 10.3. The van der Waals surface area contributed by atoms with Gasteiger partial charge in [-0.15, -0.1) is 0 Å². The van der Waals surface area contributed by atoms with E-state index in [9.17, 15) is 9.70 Å². The third-order valence-electron chi connectivity index (χ3n) is 2.33. The van der Waals surface area contributed by atoms with Crippen LogP contribution < -0.4 is 0 Å². The second-order valence-corrected chi connectivity index (χ2v) is 4.01. The molecule has 0 fully saturated rings. The minimum Gasteiger partial charge on any atom is -0.466 e. The van der Waals surface area contributed by atoms with Gasteiger partial charge in [0.15, 0.2) is 0 Å². The molecule has 0 amide bonds. The molecule has 0 saturated carbocycles. The normalized spacial score (nSPS) is 11.9. The molecule has 92 valence electrons. The van der Waals surface area contributed by atoms with Gasteiger partial charge < -0.3 is 4.74 Å². The van der Waals surface area contributed by atoms with Crippen LogP contribution in [0.25, 0.3) is 0 Å². The first-order valence-corrected chi connectivity index (χ1v) is 5.75. The van der Waals surface area contributed by atoms with Crippen molar-refractivity contribution in [2.45, 2.75) is 19.3 Å². The maximum Gasteiger partial charge on any atom is 0.306 e. The molecule has 17 heavy (non-hydrogen) atoms. The van der Waals surface area contributed by atoms with E-state index in [1.807, 2.05) is 6.07 Å². The number of ether oxygens (including phenoxy) is 1. The maximum atomic E-state index is 11.4. The van der Waals surface area contributed by atoms with Crippen LogP contribution in [0, 0.1) is 4.91 Å². The van der Waals surface area contributed by atoms with Crippen LogP contribution >= 0.6 is 11.6 Å². The highest BCUT2D eigenvalue weighted by Crippen LogP contribution is 2.23. The van der Waals surface area contributed by atoms with Crippen LogP contribution in [0.1, 0.15) is 24.8 Å².